The van der Waals surface area contributed by atoms with Gasteiger partial charge in [-0.3, -0.25) is 9.69 Å². The van der Waals surface area contributed by atoms with Crippen molar-refractivity contribution in [1.29, 1.82) is 0 Å². The minimum atomic E-state index is 0.299. The second-order valence-electron chi connectivity index (χ2n) is 6.90. The number of carbonyl (C=O) groups excluding carboxylic acids is 1. The summed E-state index contributed by atoms with van der Waals surface area (Å²) >= 11 is 0. The number of rotatable bonds is 7. The van der Waals surface area contributed by atoms with Crippen LogP contribution in [-0.2, 0) is 4.79 Å². The lowest BCUT2D eigenvalue weighted by atomic mass is 9.94. The minimum Gasteiger partial charge on any atom is -0.342 e. The molecule has 1 aliphatic rings. The number of likely N-dealkylation sites (N-methyl/N-ethyl adjacent to an activating group) is 1. The Morgan fingerprint density at radius 2 is 1.53 bits per heavy atom. The summed E-state index contributed by atoms with van der Waals surface area (Å²) in [5.74, 6) is 1.59. The van der Waals surface area contributed by atoms with Crippen molar-refractivity contribution < 1.29 is 4.79 Å². The van der Waals surface area contributed by atoms with Crippen LogP contribution in [0.3, 0.4) is 0 Å². The largest absolute Gasteiger partial charge is 0.342 e. The highest BCUT2D eigenvalue weighted by molar-refractivity contribution is 5.78. The Labute approximate surface area is 119 Å². The number of likely N-dealkylation sites (tertiary alicyclic amines) is 1. The number of nitrogens with zero attached hydrogens (tertiary/aromatic N) is 2. The van der Waals surface area contributed by atoms with Gasteiger partial charge in [-0.15, -0.1) is 0 Å². The van der Waals surface area contributed by atoms with E-state index in [1.807, 2.05) is 11.9 Å². The molecular weight excluding hydrogens is 236 g/mol. The number of hydrogen-bond donors (Lipinski definition) is 0. The van der Waals surface area contributed by atoms with E-state index in [1.54, 1.807) is 0 Å². The average molecular weight is 268 g/mol. The van der Waals surface area contributed by atoms with Gasteiger partial charge in [0.2, 0.25) is 5.91 Å². The fraction of sp³-hybridized carbons (Fsp3) is 0.938. The van der Waals surface area contributed by atoms with E-state index in [-0.39, 0.29) is 0 Å². The molecule has 0 aromatic rings. The first-order chi connectivity index (χ1) is 8.90. The van der Waals surface area contributed by atoms with Crippen LogP contribution in [0.5, 0.6) is 0 Å². The van der Waals surface area contributed by atoms with E-state index < -0.39 is 0 Å². The van der Waals surface area contributed by atoms with E-state index in [1.165, 1.54) is 12.8 Å². The van der Waals surface area contributed by atoms with Gasteiger partial charge in [-0.2, -0.15) is 0 Å². The molecule has 3 heteroatoms. The summed E-state index contributed by atoms with van der Waals surface area (Å²) in [6, 6.07) is 0.398. The van der Waals surface area contributed by atoms with Crippen molar-refractivity contribution in [3.63, 3.8) is 0 Å². The molecule has 1 heterocycles. The summed E-state index contributed by atoms with van der Waals surface area (Å²) in [7, 11) is 1.99. The summed E-state index contributed by atoms with van der Waals surface area (Å²) in [6.45, 7) is 11.8. The van der Waals surface area contributed by atoms with E-state index in [0.29, 0.717) is 30.3 Å². The van der Waals surface area contributed by atoms with Gasteiger partial charge >= 0.3 is 0 Å². The van der Waals surface area contributed by atoms with Gasteiger partial charge in [0.1, 0.15) is 0 Å². The lowest BCUT2D eigenvalue weighted by molar-refractivity contribution is -0.133. The van der Waals surface area contributed by atoms with Crippen molar-refractivity contribution >= 4 is 5.91 Å². The number of hydrogen-bond acceptors (Lipinski definition) is 2. The summed E-state index contributed by atoms with van der Waals surface area (Å²) < 4.78 is 0. The maximum atomic E-state index is 12.4. The van der Waals surface area contributed by atoms with Crippen molar-refractivity contribution in [2.24, 2.45) is 11.8 Å². The highest BCUT2D eigenvalue weighted by Crippen LogP contribution is 2.19. The van der Waals surface area contributed by atoms with Gasteiger partial charge in [-0.05, 0) is 50.6 Å². The van der Waals surface area contributed by atoms with Crippen LogP contribution in [0.2, 0.25) is 0 Å². The zero-order valence-electron chi connectivity index (χ0n) is 13.5. The lowest BCUT2D eigenvalue weighted by Crippen LogP contribution is -2.43. The van der Waals surface area contributed by atoms with E-state index in [0.717, 1.165) is 25.9 Å². The molecule has 0 atom stereocenters. The molecule has 0 N–H and O–H groups in total. The maximum absolute atomic E-state index is 12.4. The molecule has 0 spiro atoms. The fourth-order valence-electron chi connectivity index (χ4n) is 2.95. The first-order valence-corrected chi connectivity index (χ1v) is 7.88. The smallest absolute Gasteiger partial charge is 0.236 e. The molecule has 112 valence electrons. The van der Waals surface area contributed by atoms with Gasteiger partial charge in [-0.1, -0.05) is 27.7 Å². The zero-order valence-corrected chi connectivity index (χ0v) is 13.5. The molecule has 3 nitrogen and oxygen atoms in total. The molecule has 0 aromatic carbocycles. The Hall–Kier alpha value is -0.570. The van der Waals surface area contributed by atoms with Crippen LogP contribution in [0.25, 0.3) is 0 Å². The van der Waals surface area contributed by atoms with Crippen LogP contribution in [0.1, 0.15) is 53.4 Å². The van der Waals surface area contributed by atoms with Crippen LogP contribution in [0.15, 0.2) is 0 Å². The lowest BCUT2D eigenvalue weighted by Gasteiger charge is -2.32. The molecule has 1 amide bonds. The SMILES string of the molecule is CC(C)CC(CC(C)C)N(C)C(=O)CN1CCCC1. The fourth-order valence-corrected chi connectivity index (χ4v) is 2.95. The predicted octanol–water partition coefficient (Wildman–Crippen LogP) is 3.00. The molecule has 19 heavy (non-hydrogen) atoms. The van der Waals surface area contributed by atoms with Gasteiger partial charge in [0.25, 0.3) is 0 Å². The Morgan fingerprint density at radius 1 is 1.05 bits per heavy atom. The maximum Gasteiger partial charge on any atom is 0.236 e. The molecular formula is C16H32N2O. The van der Waals surface area contributed by atoms with Crippen molar-refractivity contribution in [1.82, 2.24) is 9.80 Å². The third kappa shape index (κ3) is 5.94. The standard InChI is InChI=1S/C16H32N2O/c1-13(2)10-15(11-14(3)4)17(5)16(19)12-18-8-6-7-9-18/h13-15H,6-12H2,1-5H3. The van der Waals surface area contributed by atoms with Crippen LogP contribution in [-0.4, -0.2) is 48.4 Å². The van der Waals surface area contributed by atoms with Gasteiger partial charge in [0.05, 0.1) is 6.54 Å². The first kappa shape index (κ1) is 16.5. The second-order valence-corrected chi connectivity index (χ2v) is 6.90. The molecule has 0 aromatic heterocycles. The second kappa shape index (κ2) is 7.88. The summed E-state index contributed by atoms with van der Waals surface area (Å²) in [5.41, 5.74) is 0. The van der Waals surface area contributed by atoms with Crippen molar-refractivity contribution in [3.8, 4) is 0 Å². The third-order valence-corrected chi connectivity index (χ3v) is 3.99. The molecule has 0 bridgehead atoms. The highest BCUT2D eigenvalue weighted by Gasteiger charge is 2.24. The molecule has 1 aliphatic heterocycles. The van der Waals surface area contributed by atoms with E-state index >= 15 is 0 Å². The zero-order chi connectivity index (χ0) is 14.4. The Balaban J connectivity index is 2.52. The number of carbonyl (C=O) groups is 1. The van der Waals surface area contributed by atoms with Crippen molar-refractivity contribution in [2.75, 3.05) is 26.7 Å². The van der Waals surface area contributed by atoms with Gasteiger partial charge < -0.3 is 4.90 Å². The van der Waals surface area contributed by atoms with Crippen LogP contribution >= 0.6 is 0 Å². The van der Waals surface area contributed by atoms with Crippen molar-refractivity contribution in [3.05, 3.63) is 0 Å². The van der Waals surface area contributed by atoms with E-state index in [2.05, 4.69) is 32.6 Å². The van der Waals surface area contributed by atoms with Gasteiger partial charge in [0, 0.05) is 13.1 Å². The number of amides is 1. The summed E-state index contributed by atoms with van der Waals surface area (Å²) in [6.07, 6.45) is 4.72. The normalized spacial score (nSPS) is 16.8. The molecule has 0 aliphatic carbocycles. The monoisotopic (exact) mass is 268 g/mol. The highest BCUT2D eigenvalue weighted by atomic mass is 16.2. The molecule has 0 saturated carbocycles. The molecule has 1 rings (SSSR count). The Kier molecular flexibility index (Phi) is 6.84. The Bertz CT molecular complexity index is 260. The quantitative estimate of drug-likeness (QED) is 0.708. The topological polar surface area (TPSA) is 23.6 Å². The summed E-state index contributed by atoms with van der Waals surface area (Å²) in [4.78, 5) is 16.7. The van der Waals surface area contributed by atoms with Gasteiger partial charge in [0.15, 0.2) is 0 Å². The summed E-state index contributed by atoms with van der Waals surface area (Å²) in [5, 5.41) is 0. The average Bonchev–Trinajstić information content (AvgIpc) is 2.78. The minimum absolute atomic E-state index is 0.299. The van der Waals surface area contributed by atoms with Crippen LogP contribution in [0.4, 0.5) is 0 Å². The van der Waals surface area contributed by atoms with E-state index in [4.69, 9.17) is 0 Å². The third-order valence-electron chi connectivity index (χ3n) is 3.99. The predicted molar refractivity (Wildman–Crippen MR) is 81.1 cm³/mol. The molecule has 0 radical (unpaired) electrons. The molecule has 1 fully saturated rings. The van der Waals surface area contributed by atoms with Gasteiger partial charge in [-0.25, -0.2) is 0 Å². The van der Waals surface area contributed by atoms with Crippen LogP contribution in [0, 0.1) is 11.8 Å². The first-order valence-electron chi connectivity index (χ1n) is 7.88. The van der Waals surface area contributed by atoms with Crippen LogP contribution < -0.4 is 0 Å². The molecule has 0 unspecified atom stereocenters. The van der Waals surface area contributed by atoms with Crippen molar-refractivity contribution in [2.45, 2.75) is 59.4 Å². The van der Waals surface area contributed by atoms with E-state index in [9.17, 15) is 4.79 Å². The Morgan fingerprint density at radius 3 is 1.95 bits per heavy atom. The molecule has 1 saturated heterocycles.